The Kier molecular flexibility index (Phi) is 9.08. The van der Waals surface area contributed by atoms with Crippen LogP contribution in [-0.4, -0.2) is 56.0 Å². The highest BCUT2D eigenvalue weighted by Crippen LogP contribution is 2.27. The van der Waals surface area contributed by atoms with Gasteiger partial charge in [0.2, 0.25) is 5.91 Å². The molecular formula is C33H38N4O6. The minimum absolute atomic E-state index is 0.0661. The normalized spacial score (nSPS) is 19.3. The summed E-state index contributed by atoms with van der Waals surface area (Å²) >= 11 is 0. The monoisotopic (exact) mass is 586 g/mol. The predicted octanol–water partition coefficient (Wildman–Crippen LogP) is 2.15. The number of rotatable bonds is 12. The Morgan fingerprint density at radius 3 is 2.07 bits per heavy atom. The van der Waals surface area contributed by atoms with Crippen LogP contribution in [0.2, 0.25) is 0 Å². The smallest absolute Gasteiger partial charge is 0.303 e. The van der Waals surface area contributed by atoms with Crippen molar-refractivity contribution < 1.29 is 29.4 Å². The molecule has 0 saturated carbocycles. The molecule has 10 heteroatoms. The summed E-state index contributed by atoms with van der Waals surface area (Å²) in [6, 6.07) is -0.610. The molecule has 2 aliphatic rings. The van der Waals surface area contributed by atoms with Gasteiger partial charge in [-0.3, -0.25) is 19.2 Å². The predicted molar refractivity (Wildman–Crippen MR) is 164 cm³/mol. The van der Waals surface area contributed by atoms with E-state index in [0.717, 1.165) is 44.4 Å². The summed E-state index contributed by atoms with van der Waals surface area (Å²) < 4.78 is 0. The zero-order valence-corrected chi connectivity index (χ0v) is 24.9. The molecule has 226 valence electrons. The lowest BCUT2D eigenvalue weighted by atomic mass is 9.98. The van der Waals surface area contributed by atoms with Gasteiger partial charge in [0.1, 0.15) is 0 Å². The number of aromatic amines is 2. The van der Waals surface area contributed by atoms with E-state index < -0.39 is 11.9 Å². The molecule has 0 saturated heterocycles. The van der Waals surface area contributed by atoms with Gasteiger partial charge in [0, 0.05) is 52.5 Å². The van der Waals surface area contributed by atoms with E-state index >= 15 is 0 Å². The van der Waals surface area contributed by atoms with Crippen LogP contribution in [0.15, 0.2) is 47.6 Å². The molecule has 2 aliphatic heterocycles. The highest BCUT2D eigenvalue weighted by molar-refractivity contribution is 6.01. The number of carboxylic acids is 2. The number of aliphatic carboxylic acids is 2. The molecule has 2 atom stereocenters. The van der Waals surface area contributed by atoms with Gasteiger partial charge in [-0.1, -0.05) is 25.3 Å². The molecule has 0 fully saturated rings. The Morgan fingerprint density at radius 2 is 1.49 bits per heavy atom. The second-order valence-electron chi connectivity index (χ2n) is 11.0. The molecule has 2 aromatic heterocycles. The van der Waals surface area contributed by atoms with Gasteiger partial charge in [-0.15, -0.1) is 0 Å². The zero-order chi connectivity index (χ0) is 31.6. The maximum atomic E-state index is 12.4. The largest absolute Gasteiger partial charge is 0.481 e. The van der Waals surface area contributed by atoms with Gasteiger partial charge in [-0.05, 0) is 86.1 Å². The number of hydrogen-bond donors (Lipinski definition) is 6. The number of nitrogens with one attached hydrogen (secondary N) is 4. The highest BCUT2D eigenvalue weighted by Gasteiger charge is 2.29. The van der Waals surface area contributed by atoms with Crippen LogP contribution in [0.1, 0.15) is 60.3 Å². The molecule has 0 unspecified atom stereocenters. The summed E-state index contributed by atoms with van der Waals surface area (Å²) in [4.78, 5) is 54.6. The van der Waals surface area contributed by atoms with Gasteiger partial charge in [0.15, 0.2) is 0 Å². The fourth-order valence-electron chi connectivity index (χ4n) is 5.92. The van der Waals surface area contributed by atoms with E-state index in [9.17, 15) is 29.4 Å². The Labute approximate surface area is 249 Å². The molecule has 43 heavy (non-hydrogen) atoms. The summed E-state index contributed by atoms with van der Waals surface area (Å²) in [6.45, 7) is 15.1. The van der Waals surface area contributed by atoms with Crippen molar-refractivity contribution in [3.63, 3.8) is 0 Å². The van der Waals surface area contributed by atoms with Gasteiger partial charge in [0.05, 0.1) is 12.1 Å². The van der Waals surface area contributed by atoms with Crippen LogP contribution in [0.3, 0.4) is 0 Å². The Bertz CT molecular complexity index is 1730. The molecule has 2 aromatic rings. The van der Waals surface area contributed by atoms with Gasteiger partial charge < -0.3 is 30.8 Å². The van der Waals surface area contributed by atoms with Gasteiger partial charge in [-0.25, -0.2) is 0 Å². The SMILES string of the molecule is C=CC1=C(C)[C@H](/C=c2/[nH]c(=Cc3[nH]c(C[C@H]4NC(=O)C(C)=C4C=C)c(C)c3CCC(=O)O)c(CCC(=O)O)c2C)NC1=O. The van der Waals surface area contributed by atoms with E-state index in [1.807, 2.05) is 32.9 Å². The summed E-state index contributed by atoms with van der Waals surface area (Å²) in [7, 11) is 0. The lowest BCUT2D eigenvalue weighted by Crippen LogP contribution is -2.30. The van der Waals surface area contributed by atoms with Gasteiger partial charge in [-0.2, -0.15) is 0 Å². The number of hydrogen-bond acceptors (Lipinski definition) is 4. The third kappa shape index (κ3) is 6.33. The van der Waals surface area contributed by atoms with E-state index in [4.69, 9.17) is 0 Å². The Balaban J connectivity index is 1.85. The van der Waals surface area contributed by atoms with E-state index in [0.29, 0.717) is 28.6 Å². The zero-order valence-electron chi connectivity index (χ0n) is 24.9. The van der Waals surface area contributed by atoms with Crippen LogP contribution >= 0.6 is 0 Å². The van der Waals surface area contributed by atoms with Crippen molar-refractivity contribution >= 4 is 35.9 Å². The van der Waals surface area contributed by atoms with Crippen molar-refractivity contribution in [3.05, 3.63) is 91.9 Å². The molecule has 0 aliphatic carbocycles. The Morgan fingerprint density at radius 1 is 0.837 bits per heavy atom. The van der Waals surface area contributed by atoms with E-state index in [1.54, 1.807) is 13.0 Å². The summed E-state index contributed by atoms with van der Waals surface area (Å²) in [5.74, 6) is -2.18. The molecule has 4 rings (SSSR count). The number of amides is 2. The minimum atomic E-state index is -0.922. The van der Waals surface area contributed by atoms with Crippen molar-refractivity contribution in [2.24, 2.45) is 0 Å². The van der Waals surface area contributed by atoms with Gasteiger partial charge in [0.25, 0.3) is 5.91 Å². The maximum Gasteiger partial charge on any atom is 0.303 e. The fraction of sp³-hybridized carbons (Fsp3) is 0.333. The molecule has 4 heterocycles. The average molecular weight is 587 g/mol. The first-order valence-electron chi connectivity index (χ1n) is 14.2. The number of carbonyl (C=O) groups is 4. The quantitative estimate of drug-likeness (QED) is 0.223. The lowest BCUT2D eigenvalue weighted by molar-refractivity contribution is -0.138. The van der Waals surface area contributed by atoms with Crippen LogP contribution in [-0.2, 0) is 38.4 Å². The van der Waals surface area contributed by atoms with Crippen LogP contribution < -0.4 is 21.3 Å². The number of H-pyrrole nitrogens is 2. The molecule has 2 amide bonds. The summed E-state index contributed by atoms with van der Waals surface area (Å²) in [6.07, 6.45) is 7.92. The van der Waals surface area contributed by atoms with Crippen LogP contribution in [0.5, 0.6) is 0 Å². The first-order chi connectivity index (χ1) is 20.4. The maximum absolute atomic E-state index is 12.4. The lowest BCUT2D eigenvalue weighted by Gasteiger charge is -2.13. The Hall–Kier alpha value is -4.86. The summed E-state index contributed by atoms with van der Waals surface area (Å²) in [5.41, 5.74) is 7.82. The van der Waals surface area contributed by atoms with Crippen molar-refractivity contribution in [2.45, 2.75) is 71.9 Å². The molecule has 6 N–H and O–H groups in total. The second-order valence-corrected chi connectivity index (χ2v) is 11.0. The molecule has 0 aromatic carbocycles. The molecule has 0 radical (unpaired) electrons. The van der Waals surface area contributed by atoms with Crippen molar-refractivity contribution in [1.29, 1.82) is 0 Å². The third-order valence-corrected chi connectivity index (χ3v) is 8.48. The van der Waals surface area contributed by atoms with Gasteiger partial charge >= 0.3 is 11.9 Å². The first kappa shape index (κ1) is 31.1. The molecule has 0 spiro atoms. The molecule has 10 nitrogen and oxygen atoms in total. The minimum Gasteiger partial charge on any atom is -0.481 e. The highest BCUT2D eigenvalue weighted by atomic mass is 16.4. The van der Waals surface area contributed by atoms with E-state index in [1.165, 1.54) is 6.08 Å². The number of carboxylic acid groups (broad SMARTS) is 2. The third-order valence-electron chi connectivity index (χ3n) is 8.48. The topological polar surface area (TPSA) is 164 Å². The first-order valence-corrected chi connectivity index (χ1v) is 14.2. The summed E-state index contributed by atoms with van der Waals surface area (Å²) in [5, 5.41) is 26.2. The average Bonchev–Trinajstić information content (AvgIpc) is 3.59. The molecule has 0 bridgehead atoms. The van der Waals surface area contributed by atoms with Crippen molar-refractivity contribution in [2.75, 3.05) is 0 Å². The van der Waals surface area contributed by atoms with Crippen LogP contribution in [0.25, 0.3) is 12.2 Å². The molecular weight excluding hydrogens is 548 g/mol. The fourth-order valence-corrected chi connectivity index (χ4v) is 5.92. The van der Waals surface area contributed by atoms with E-state index in [2.05, 4.69) is 33.8 Å². The van der Waals surface area contributed by atoms with Crippen LogP contribution in [0, 0.1) is 13.8 Å². The van der Waals surface area contributed by atoms with Crippen LogP contribution in [0.4, 0.5) is 0 Å². The number of aromatic nitrogens is 2. The van der Waals surface area contributed by atoms with Crippen molar-refractivity contribution in [1.82, 2.24) is 20.6 Å². The van der Waals surface area contributed by atoms with E-state index in [-0.39, 0.29) is 49.6 Å². The number of carbonyl (C=O) groups excluding carboxylic acids is 2. The standard InChI is InChI=1S/C33H38N4O6/c1-7-20-19(6)32(42)37-27(20)14-25-18(5)23(10-12-31(40)41)29(35-25)15-28-22(9-11-30(38)39)17(4)24(34-28)13-26-16(3)21(8-2)33(43)36-26/h7-8,13,15,26-27,34-35H,1-2,9-12,14H2,3-6H3,(H,36,43)(H,37,42)(H,38,39)(H,40,41)/b24-13+,28-15?/t26-,27+/m0/s1. The van der Waals surface area contributed by atoms with Crippen molar-refractivity contribution in [3.8, 4) is 0 Å². The second kappa shape index (κ2) is 12.6.